The van der Waals surface area contributed by atoms with Crippen molar-refractivity contribution in [3.05, 3.63) is 45.5 Å². The van der Waals surface area contributed by atoms with Gasteiger partial charge in [-0.2, -0.15) is 0 Å². The van der Waals surface area contributed by atoms with Crippen LogP contribution >= 0.6 is 27.3 Å². The van der Waals surface area contributed by atoms with Crippen LogP contribution in [-0.4, -0.2) is 14.3 Å². The fourth-order valence-corrected chi connectivity index (χ4v) is 4.82. The molecule has 2 rings (SSSR count). The van der Waals surface area contributed by atoms with E-state index in [9.17, 15) is 17.6 Å². The molecule has 20 heavy (non-hydrogen) atoms. The fourth-order valence-electron chi connectivity index (χ4n) is 1.42. The third-order valence-electron chi connectivity index (χ3n) is 2.32. The zero-order valence-corrected chi connectivity index (χ0v) is 13.0. The maximum Gasteiger partial charge on any atom is 0.272 e. The van der Waals surface area contributed by atoms with Gasteiger partial charge in [0, 0.05) is 10.0 Å². The number of benzene rings is 1. The van der Waals surface area contributed by atoms with Crippen molar-refractivity contribution in [2.75, 3.05) is 4.72 Å². The summed E-state index contributed by atoms with van der Waals surface area (Å²) in [6.45, 7) is 0. The third-order valence-corrected chi connectivity index (χ3v) is 6.36. The molecule has 0 atom stereocenters. The van der Waals surface area contributed by atoms with Gasteiger partial charge in [0.05, 0.1) is 5.69 Å². The maximum absolute atomic E-state index is 13.6. The van der Waals surface area contributed by atoms with Gasteiger partial charge in [-0.05, 0) is 45.6 Å². The van der Waals surface area contributed by atoms with Crippen molar-refractivity contribution in [3.63, 3.8) is 0 Å². The largest absolute Gasteiger partial charge is 0.366 e. The number of amides is 1. The minimum Gasteiger partial charge on any atom is -0.366 e. The molecule has 2 aromatic rings. The Morgan fingerprint density at radius 2 is 2.05 bits per heavy atom. The Morgan fingerprint density at radius 3 is 2.60 bits per heavy atom. The van der Waals surface area contributed by atoms with Crippen LogP contribution in [0.2, 0.25) is 0 Å². The van der Waals surface area contributed by atoms with Gasteiger partial charge in [-0.3, -0.25) is 9.52 Å². The Morgan fingerprint density at radius 1 is 1.35 bits per heavy atom. The second kappa shape index (κ2) is 5.51. The molecule has 106 valence electrons. The number of nitrogens with two attached hydrogens (primary N) is 1. The molecule has 0 aliphatic heterocycles. The molecular weight excluding hydrogens is 371 g/mol. The lowest BCUT2D eigenvalue weighted by atomic mass is 10.2. The van der Waals surface area contributed by atoms with Crippen molar-refractivity contribution in [1.29, 1.82) is 0 Å². The van der Waals surface area contributed by atoms with E-state index in [1.165, 1.54) is 6.07 Å². The highest BCUT2D eigenvalue weighted by Crippen LogP contribution is 2.30. The lowest BCUT2D eigenvalue weighted by molar-refractivity contribution is 0.100. The van der Waals surface area contributed by atoms with Crippen LogP contribution in [0, 0.1) is 5.82 Å². The van der Waals surface area contributed by atoms with Crippen LogP contribution in [0.3, 0.4) is 0 Å². The highest BCUT2D eigenvalue weighted by Gasteiger charge is 2.21. The number of anilines is 1. The topological polar surface area (TPSA) is 89.3 Å². The molecule has 1 heterocycles. The molecule has 0 radical (unpaired) electrons. The number of rotatable bonds is 4. The van der Waals surface area contributed by atoms with E-state index in [1.807, 2.05) is 0 Å². The van der Waals surface area contributed by atoms with Crippen molar-refractivity contribution in [3.8, 4) is 0 Å². The molecule has 0 aliphatic rings. The van der Waals surface area contributed by atoms with Gasteiger partial charge in [0.15, 0.2) is 4.21 Å². The van der Waals surface area contributed by atoms with Gasteiger partial charge >= 0.3 is 0 Å². The summed E-state index contributed by atoms with van der Waals surface area (Å²) in [6.07, 6.45) is 0. The van der Waals surface area contributed by atoms with E-state index in [0.717, 1.165) is 23.5 Å². The minimum atomic E-state index is -3.94. The van der Waals surface area contributed by atoms with Crippen molar-refractivity contribution < 1.29 is 17.6 Å². The summed E-state index contributed by atoms with van der Waals surface area (Å²) in [5.74, 6) is -1.57. The average Bonchev–Trinajstić information content (AvgIpc) is 2.78. The van der Waals surface area contributed by atoms with Crippen LogP contribution in [0.15, 0.2) is 38.3 Å². The highest BCUT2D eigenvalue weighted by molar-refractivity contribution is 9.10. The predicted octanol–water partition coefficient (Wildman–Crippen LogP) is 2.55. The number of nitrogens with one attached hydrogen (secondary N) is 1. The van der Waals surface area contributed by atoms with E-state index in [1.54, 1.807) is 11.4 Å². The Balaban J connectivity index is 2.42. The standard InChI is InChI=1S/C11H8BrFN2O3S2/c12-7-3-4-19-11(7)20(17,18)15-9-5-6(10(14)16)1-2-8(9)13/h1-5,15H,(H2,14,16). The fraction of sp³-hybridized carbons (Fsp3) is 0. The van der Waals surface area contributed by atoms with Crippen molar-refractivity contribution in [2.24, 2.45) is 5.73 Å². The lowest BCUT2D eigenvalue weighted by Gasteiger charge is -2.09. The lowest BCUT2D eigenvalue weighted by Crippen LogP contribution is -2.15. The number of hydrogen-bond acceptors (Lipinski definition) is 4. The smallest absolute Gasteiger partial charge is 0.272 e. The molecule has 0 saturated carbocycles. The summed E-state index contributed by atoms with van der Waals surface area (Å²) in [4.78, 5) is 11.0. The monoisotopic (exact) mass is 378 g/mol. The van der Waals surface area contributed by atoms with Crippen molar-refractivity contribution in [2.45, 2.75) is 4.21 Å². The summed E-state index contributed by atoms with van der Waals surface area (Å²) in [5.41, 5.74) is 4.75. The molecule has 0 aliphatic carbocycles. The van der Waals surface area contributed by atoms with Crippen LogP contribution in [0.5, 0.6) is 0 Å². The first-order valence-corrected chi connectivity index (χ1v) is 8.32. The molecule has 1 aromatic carbocycles. The molecule has 1 amide bonds. The molecule has 1 aromatic heterocycles. The zero-order valence-electron chi connectivity index (χ0n) is 9.76. The number of primary amides is 1. The summed E-state index contributed by atoms with van der Waals surface area (Å²) in [7, 11) is -3.94. The molecule has 0 spiro atoms. The van der Waals surface area contributed by atoms with E-state index < -0.39 is 21.7 Å². The number of hydrogen-bond donors (Lipinski definition) is 2. The summed E-state index contributed by atoms with van der Waals surface area (Å²) >= 11 is 4.08. The van der Waals surface area contributed by atoms with Gasteiger partial charge in [-0.25, -0.2) is 12.8 Å². The molecule has 5 nitrogen and oxygen atoms in total. The minimum absolute atomic E-state index is 0.00865. The SMILES string of the molecule is NC(=O)c1ccc(F)c(NS(=O)(=O)c2sccc2Br)c1. The van der Waals surface area contributed by atoms with Crippen LogP contribution < -0.4 is 10.5 Å². The van der Waals surface area contributed by atoms with Crippen molar-refractivity contribution in [1.82, 2.24) is 0 Å². The second-order valence-corrected chi connectivity index (χ2v) is 7.37. The van der Waals surface area contributed by atoms with E-state index in [0.29, 0.717) is 4.47 Å². The number of carbonyl (C=O) groups excluding carboxylic acids is 1. The quantitative estimate of drug-likeness (QED) is 0.856. The Bertz CT molecular complexity index is 774. The molecule has 0 fully saturated rings. The van der Waals surface area contributed by atoms with Crippen LogP contribution in [-0.2, 0) is 10.0 Å². The molecule has 3 N–H and O–H groups in total. The molecule has 0 unspecified atom stereocenters. The number of carbonyl (C=O) groups is 1. The number of thiophene rings is 1. The first-order valence-electron chi connectivity index (χ1n) is 5.16. The van der Waals surface area contributed by atoms with Gasteiger partial charge in [-0.1, -0.05) is 0 Å². The van der Waals surface area contributed by atoms with Gasteiger partial charge in [0.1, 0.15) is 5.82 Å². The molecule has 0 bridgehead atoms. The maximum atomic E-state index is 13.6. The Labute approximate surface area is 126 Å². The van der Waals surface area contributed by atoms with E-state index in [-0.39, 0.29) is 15.5 Å². The second-order valence-electron chi connectivity index (χ2n) is 3.72. The summed E-state index contributed by atoms with van der Waals surface area (Å²) in [6, 6.07) is 4.77. The molecule has 0 saturated heterocycles. The van der Waals surface area contributed by atoms with Crippen LogP contribution in [0.25, 0.3) is 0 Å². The van der Waals surface area contributed by atoms with Gasteiger partial charge in [0.25, 0.3) is 10.0 Å². The third kappa shape index (κ3) is 3.00. The highest BCUT2D eigenvalue weighted by atomic mass is 79.9. The Kier molecular flexibility index (Phi) is 4.11. The number of halogens is 2. The van der Waals surface area contributed by atoms with Crippen LogP contribution in [0.4, 0.5) is 10.1 Å². The number of sulfonamides is 1. The van der Waals surface area contributed by atoms with Crippen LogP contribution in [0.1, 0.15) is 10.4 Å². The van der Waals surface area contributed by atoms with E-state index >= 15 is 0 Å². The summed E-state index contributed by atoms with van der Waals surface area (Å²) in [5, 5.41) is 1.58. The normalized spacial score (nSPS) is 11.3. The molecular formula is C11H8BrFN2O3S2. The van der Waals surface area contributed by atoms with E-state index in [2.05, 4.69) is 20.7 Å². The van der Waals surface area contributed by atoms with Crippen molar-refractivity contribution >= 4 is 48.9 Å². The zero-order chi connectivity index (χ0) is 14.9. The average molecular weight is 379 g/mol. The van der Waals surface area contributed by atoms with Gasteiger partial charge < -0.3 is 5.73 Å². The van der Waals surface area contributed by atoms with E-state index in [4.69, 9.17) is 5.73 Å². The predicted molar refractivity (Wildman–Crippen MR) is 77.7 cm³/mol. The summed E-state index contributed by atoms with van der Waals surface area (Å²) < 4.78 is 40.3. The Hall–Kier alpha value is -1.45. The first kappa shape index (κ1) is 14.9. The van der Waals surface area contributed by atoms with Gasteiger partial charge in [-0.15, -0.1) is 11.3 Å². The first-order chi connectivity index (χ1) is 9.31. The molecule has 9 heteroatoms. The van der Waals surface area contributed by atoms with Gasteiger partial charge in [0.2, 0.25) is 5.91 Å².